The van der Waals surface area contributed by atoms with Gasteiger partial charge in [-0.2, -0.15) is 0 Å². The lowest BCUT2D eigenvalue weighted by molar-refractivity contribution is -0.00630. The molecule has 3 heteroatoms. The van der Waals surface area contributed by atoms with Gasteiger partial charge in [0.25, 0.3) is 0 Å². The fraction of sp³-hybridized carbons (Fsp3) is 1.00. The van der Waals surface area contributed by atoms with Gasteiger partial charge in [-0.1, -0.05) is 6.92 Å². The number of nitrogens with zero attached hydrogens (tertiary/aromatic N) is 2. The van der Waals surface area contributed by atoms with Gasteiger partial charge >= 0.3 is 0 Å². The van der Waals surface area contributed by atoms with Crippen molar-refractivity contribution in [3.63, 3.8) is 0 Å². The van der Waals surface area contributed by atoms with Crippen molar-refractivity contribution in [2.75, 3.05) is 53.0 Å². The molecule has 0 radical (unpaired) electrons. The van der Waals surface area contributed by atoms with Crippen LogP contribution in [0.25, 0.3) is 0 Å². The molecule has 0 amide bonds. The normalized spacial score (nSPS) is 27.0. The second-order valence-electron chi connectivity index (χ2n) is 4.82. The van der Waals surface area contributed by atoms with E-state index in [1.807, 2.05) is 0 Å². The van der Waals surface area contributed by atoms with Crippen molar-refractivity contribution >= 4 is 0 Å². The summed E-state index contributed by atoms with van der Waals surface area (Å²) < 4.78 is 5.09. The standard InChI is InChI=1S/C11H22N2O/c1-3-12-5-4-11(8-12)9-13(10-11)6-7-14-2/h3-10H2,1-2H3. The third-order valence-corrected chi connectivity index (χ3v) is 3.69. The summed E-state index contributed by atoms with van der Waals surface area (Å²) in [6.07, 6.45) is 1.41. The summed E-state index contributed by atoms with van der Waals surface area (Å²) in [5.74, 6) is 0. The number of hydrogen-bond donors (Lipinski definition) is 0. The topological polar surface area (TPSA) is 15.7 Å². The van der Waals surface area contributed by atoms with E-state index in [0.29, 0.717) is 5.41 Å². The van der Waals surface area contributed by atoms with Crippen molar-refractivity contribution in [1.82, 2.24) is 9.80 Å². The zero-order chi connectivity index (χ0) is 10.0. The first-order valence-electron chi connectivity index (χ1n) is 5.72. The molecular weight excluding hydrogens is 176 g/mol. The van der Waals surface area contributed by atoms with E-state index in [-0.39, 0.29) is 0 Å². The van der Waals surface area contributed by atoms with Crippen LogP contribution in [0.5, 0.6) is 0 Å². The van der Waals surface area contributed by atoms with E-state index in [9.17, 15) is 0 Å². The highest BCUT2D eigenvalue weighted by atomic mass is 16.5. The third-order valence-electron chi connectivity index (χ3n) is 3.69. The van der Waals surface area contributed by atoms with Crippen molar-refractivity contribution in [2.24, 2.45) is 5.41 Å². The van der Waals surface area contributed by atoms with Gasteiger partial charge in [-0.25, -0.2) is 0 Å². The molecule has 2 rings (SSSR count). The quantitative estimate of drug-likeness (QED) is 0.660. The van der Waals surface area contributed by atoms with Crippen LogP contribution in [0.3, 0.4) is 0 Å². The minimum atomic E-state index is 0.656. The molecule has 2 fully saturated rings. The highest BCUT2D eigenvalue weighted by Crippen LogP contribution is 2.38. The summed E-state index contributed by atoms with van der Waals surface area (Å²) in [5.41, 5.74) is 0.656. The molecule has 3 nitrogen and oxygen atoms in total. The zero-order valence-corrected chi connectivity index (χ0v) is 9.46. The minimum Gasteiger partial charge on any atom is -0.383 e. The van der Waals surface area contributed by atoms with Crippen LogP contribution in [0.2, 0.25) is 0 Å². The molecule has 0 atom stereocenters. The van der Waals surface area contributed by atoms with E-state index in [1.165, 1.54) is 39.1 Å². The van der Waals surface area contributed by atoms with E-state index >= 15 is 0 Å². The predicted octanol–water partition coefficient (Wildman–Crippen LogP) is 0.660. The second-order valence-corrected chi connectivity index (χ2v) is 4.82. The maximum atomic E-state index is 5.09. The maximum Gasteiger partial charge on any atom is 0.0589 e. The van der Waals surface area contributed by atoms with Crippen LogP contribution in [0.1, 0.15) is 13.3 Å². The van der Waals surface area contributed by atoms with E-state index in [4.69, 9.17) is 4.74 Å². The van der Waals surface area contributed by atoms with Gasteiger partial charge in [-0.15, -0.1) is 0 Å². The smallest absolute Gasteiger partial charge is 0.0589 e. The van der Waals surface area contributed by atoms with Crippen molar-refractivity contribution in [3.05, 3.63) is 0 Å². The molecule has 0 aromatic heterocycles. The SMILES string of the molecule is CCN1CCC2(C1)CN(CCOC)C2. The van der Waals surface area contributed by atoms with Crippen molar-refractivity contribution in [1.29, 1.82) is 0 Å². The Morgan fingerprint density at radius 1 is 1.21 bits per heavy atom. The fourth-order valence-corrected chi connectivity index (χ4v) is 2.84. The van der Waals surface area contributed by atoms with E-state index < -0.39 is 0 Å². The number of rotatable bonds is 4. The van der Waals surface area contributed by atoms with Crippen molar-refractivity contribution < 1.29 is 4.74 Å². The van der Waals surface area contributed by atoms with Crippen LogP contribution < -0.4 is 0 Å². The van der Waals surface area contributed by atoms with Crippen LogP contribution in [-0.4, -0.2) is 62.8 Å². The summed E-state index contributed by atoms with van der Waals surface area (Å²) in [5, 5.41) is 0. The molecule has 2 aliphatic rings. The van der Waals surface area contributed by atoms with Crippen LogP contribution in [0.15, 0.2) is 0 Å². The Kier molecular flexibility index (Phi) is 3.10. The first-order valence-corrected chi connectivity index (χ1v) is 5.72. The molecule has 2 saturated heterocycles. The van der Waals surface area contributed by atoms with E-state index in [1.54, 1.807) is 7.11 Å². The molecule has 0 N–H and O–H groups in total. The van der Waals surface area contributed by atoms with Gasteiger partial charge in [-0.05, 0) is 19.5 Å². The van der Waals surface area contributed by atoms with Crippen LogP contribution in [0, 0.1) is 5.41 Å². The molecule has 82 valence electrons. The molecule has 0 bridgehead atoms. The molecule has 0 saturated carbocycles. The average molecular weight is 198 g/mol. The highest BCUT2D eigenvalue weighted by Gasteiger charge is 2.46. The molecule has 14 heavy (non-hydrogen) atoms. The van der Waals surface area contributed by atoms with Gasteiger partial charge in [-0.3, -0.25) is 4.90 Å². The van der Waals surface area contributed by atoms with Gasteiger partial charge in [0.15, 0.2) is 0 Å². The second kappa shape index (κ2) is 4.17. The maximum absolute atomic E-state index is 5.09. The van der Waals surface area contributed by atoms with Gasteiger partial charge in [0.05, 0.1) is 6.61 Å². The molecule has 0 aliphatic carbocycles. The number of likely N-dealkylation sites (tertiary alicyclic amines) is 2. The lowest BCUT2D eigenvalue weighted by Gasteiger charge is -2.48. The number of hydrogen-bond acceptors (Lipinski definition) is 3. The Balaban J connectivity index is 1.71. The Hall–Kier alpha value is -0.120. The molecule has 0 aromatic rings. The fourth-order valence-electron chi connectivity index (χ4n) is 2.84. The summed E-state index contributed by atoms with van der Waals surface area (Å²) >= 11 is 0. The summed E-state index contributed by atoms with van der Waals surface area (Å²) in [4.78, 5) is 5.09. The monoisotopic (exact) mass is 198 g/mol. The summed E-state index contributed by atoms with van der Waals surface area (Å²) in [6.45, 7) is 10.7. The molecule has 1 spiro atoms. The largest absolute Gasteiger partial charge is 0.383 e. The number of methoxy groups -OCH3 is 1. The van der Waals surface area contributed by atoms with Crippen LogP contribution in [-0.2, 0) is 4.74 Å². The molecule has 0 unspecified atom stereocenters. The van der Waals surface area contributed by atoms with E-state index in [0.717, 1.165) is 13.2 Å². The van der Waals surface area contributed by atoms with Gasteiger partial charge in [0.2, 0.25) is 0 Å². The Labute approximate surface area is 87.0 Å². The van der Waals surface area contributed by atoms with Crippen molar-refractivity contribution in [2.45, 2.75) is 13.3 Å². The lowest BCUT2D eigenvalue weighted by Crippen LogP contribution is -2.58. The lowest BCUT2D eigenvalue weighted by atomic mass is 9.79. The van der Waals surface area contributed by atoms with Crippen molar-refractivity contribution in [3.8, 4) is 0 Å². The van der Waals surface area contributed by atoms with Crippen LogP contribution in [0.4, 0.5) is 0 Å². The summed E-state index contributed by atoms with van der Waals surface area (Å²) in [6, 6.07) is 0. The zero-order valence-electron chi connectivity index (χ0n) is 9.46. The Bertz CT molecular complexity index is 190. The molecule has 2 heterocycles. The first kappa shape index (κ1) is 10.4. The van der Waals surface area contributed by atoms with Crippen LogP contribution >= 0.6 is 0 Å². The van der Waals surface area contributed by atoms with E-state index in [2.05, 4.69) is 16.7 Å². The highest BCUT2D eigenvalue weighted by molar-refractivity contribution is 5.00. The van der Waals surface area contributed by atoms with Gasteiger partial charge in [0.1, 0.15) is 0 Å². The number of ether oxygens (including phenoxy) is 1. The Morgan fingerprint density at radius 3 is 2.50 bits per heavy atom. The van der Waals surface area contributed by atoms with Gasteiger partial charge < -0.3 is 9.64 Å². The first-order chi connectivity index (χ1) is 6.78. The predicted molar refractivity (Wildman–Crippen MR) is 57.5 cm³/mol. The summed E-state index contributed by atoms with van der Waals surface area (Å²) in [7, 11) is 1.78. The molecule has 2 aliphatic heterocycles. The minimum absolute atomic E-state index is 0.656. The third kappa shape index (κ3) is 1.95. The molecular formula is C11H22N2O. The Morgan fingerprint density at radius 2 is 1.93 bits per heavy atom. The molecule has 0 aromatic carbocycles. The average Bonchev–Trinajstić information content (AvgIpc) is 2.57. The van der Waals surface area contributed by atoms with Gasteiger partial charge in [0, 0.05) is 38.7 Å².